The molecule has 0 aromatic heterocycles. The Labute approximate surface area is 117 Å². The quantitative estimate of drug-likeness (QED) is 0.833. The van der Waals surface area contributed by atoms with E-state index in [0.717, 1.165) is 5.56 Å². The molecule has 20 heavy (non-hydrogen) atoms. The van der Waals surface area contributed by atoms with E-state index in [-0.39, 0.29) is 12.5 Å². The van der Waals surface area contributed by atoms with Crippen LogP contribution in [0.3, 0.4) is 0 Å². The summed E-state index contributed by atoms with van der Waals surface area (Å²) in [6.07, 6.45) is -0.748. The number of alkyl carbamates (subject to hydrolysis) is 1. The minimum atomic E-state index is -1.08. The van der Waals surface area contributed by atoms with Gasteiger partial charge in [0.15, 0.2) is 0 Å². The molecule has 0 saturated heterocycles. The molecule has 1 atom stereocenters. The van der Waals surface area contributed by atoms with Crippen LogP contribution in [0.25, 0.3) is 0 Å². The van der Waals surface area contributed by atoms with Crippen LogP contribution in [-0.4, -0.2) is 30.3 Å². The fraction of sp³-hybridized carbons (Fsp3) is 0.429. The molecule has 0 aliphatic rings. The van der Waals surface area contributed by atoms with Crippen LogP contribution < -0.4 is 10.1 Å². The van der Waals surface area contributed by atoms with E-state index in [0.29, 0.717) is 5.75 Å². The summed E-state index contributed by atoms with van der Waals surface area (Å²) in [5.41, 5.74) is 0.789. The molecule has 0 aliphatic carbocycles. The Kier molecular flexibility index (Phi) is 5.83. The number of ether oxygens (including phenoxy) is 2. The number of rotatable bonds is 6. The number of carboxylic acid groups (broad SMARTS) is 1. The van der Waals surface area contributed by atoms with Gasteiger partial charge in [-0.05, 0) is 23.6 Å². The topological polar surface area (TPSA) is 84.9 Å². The Bertz CT molecular complexity index is 455. The van der Waals surface area contributed by atoms with Crippen molar-refractivity contribution in [3.8, 4) is 5.75 Å². The van der Waals surface area contributed by atoms with E-state index < -0.39 is 18.1 Å². The first-order chi connectivity index (χ1) is 9.43. The van der Waals surface area contributed by atoms with Crippen LogP contribution in [0.5, 0.6) is 5.75 Å². The zero-order valence-corrected chi connectivity index (χ0v) is 11.8. The highest BCUT2D eigenvalue weighted by atomic mass is 16.5. The number of carbonyl (C=O) groups excluding carboxylic acids is 1. The van der Waals surface area contributed by atoms with Gasteiger partial charge in [-0.3, -0.25) is 0 Å². The summed E-state index contributed by atoms with van der Waals surface area (Å²) in [6.45, 7) is 3.49. The Balaban J connectivity index is 2.47. The summed E-state index contributed by atoms with van der Waals surface area (Å²) in [4.78, 5) is 22.5. The molecule has 1 aromatic rings. The minimum Gasteiger partial charge on any atom is -0.497 e. The molecule has 0 spiro atoms. The Morgan fingerprint density at radius 3 is 2.30 bits per heavy atom. The third kappa shape index (κ3) is 4.79. The molecule has 6 heteroatoms. The van der Waals surface area contributed by atoms with Crippen molar-refractivity contribution in [1.82, 2.24) is 5.32 Å². The van der Waals surface area contributed by atoms with Gasteiger partial charge in [-0.15, -0.1) is 0 Å². The van der Waals surface area contributed by atoms with Crippen molar-refractivity contribution in [3.05, 3.63) is 29.8 Å². The molecule has 1 rings (SSSR count). The van der Waals surface area contributed by atoms with E-state index in [1.54, 1.807) is 45.2 Å². The van der Waals surface area contributed by atoms with Crippen LogP contribution in [0, 0.1) is 5.92 Å². The standard InChI is InChI=1S/C14H19NO5/c1-9(2)12(13(16)17)15-14(18)20-8-10-4-6-11(19-3)7-5-10/h4-7,9,12H,8H2,1-3H3,(H,15,18)(H,16,17). The van der Waals surface area contributed by atoms with Gasteiger partial charge in [0.1, 0.15) is 18.4 Å². The highest BCUT2D eigenvalue weighted by Crippen LogP contribution is 2.12. The van der Waals surface area contributed by atoms with Crippen molar-refractivity contribution in [2.75, 3.05) is 7.11 Å². The van der Waals surface area contributed by atoms with Crippen molar-refractivity contribution >= 4 is 12.1 Å². The lowest BCUT2D eigenvalue weighted by Gasteiger charge is -2.17. The van der Waals surface area contributed by atoms with Crippen LogP contribution >= 0.6 is 0 Å². The number of carboxylic acids is 1. The van der Waals surface area contributed by atoms with E-state index in [1.165, 1.54) is 0 Å². The fourth-order valence-corrected chi connectivity index (χ4v) is 1.55. The molecule has 0 aliphatic heterocycles. The van der Waals surface area contributed by atoms with Gasteiger partial charge in [-0.2, -0.15) is 0 Å². The second kappa shape index (κ2) is 7.37. The van der Waals surface area contributed by atoms with Crippen molar-refractivity contribution in [2.24, 2.45) is 5.92 Å². The molecule has 1 unspecified atom stereocenters. The highest BCUT2D eigenvalue weighted by Gasteiger charge is 2.23. The minimum absolute atomic E-state index is 0.0697. The van der Waals surface area contributed by atoms with Crippen LogP contribution in [0.15, 0.2) is 24.3 Å². The number of methoxy groups -OCH3 is 1. The smallest absolute Gasteiger partial charge is 0.408 e. The van der Waals surface area contributed by atoms with Crippen molar-refractivity contribution in [3.63, 3.8) is 0 Å². The van der Waals surface area contributed by atoms with E-state index in [4.69, 9.17) is 14.6 Å². The Hall–Kier alpha value is -2.24. The number of nitrogens with one attached hydrogen (secondary N) is 1. The maximum Gasteiger partial charge on any atom is 0.408 e. The molecule has 110 valence electrons. The number of amides is 1. The predicted octanol–water partition coefficient (Wildman–Crippen LogP) is 2.03. The summed E-state index contributed by atoms with van der Waals surface area (Å²) >= 11 is 0. The number of carbonyl (C=O) groups is 2. The average Bonchev–Trinajstić information content (AvgIpc) is 2.42. The van der Waals surface area contributed by atoms with Gasteiger partial charge in [0.25, 0.3) is 0 Å². The monoisotopic (exact) mass is 281 g/mol. The van der Waals surface area contributed by atoms with Crippen molar-refractivity contribution < 1.29 is 24.2 Å². The SMILES string of the molecule is COc1ccc(COC(=O)NC(C(=O)O)C(C)C)cc1. The number of aliphatic carboxylic acids is 1. The summed E-state index contributed by atoms with van der Waals surface area (Å²) in [5.74, 6) is -0.591. The summed E-state index contributed by atoms with van der Waals surface area (Å²) < 4.78 is 9.99. The van der Waals surface area contributed by atoms with Gasteiger partial charge in [0, 0.05) is 0 Å². The average molecular weight is 281 g/mol. The molecule has 0 heterocycles. The Morgan fingerprint density at radius 2 is 1.85 bits per heavy atom. The summed E-state index contributed by atoms with van der Waals surface area (Å²) in [6, 6.07) is 6.08. The zero-order chi connectivity index (χ0) is 15.1. The van der Waals surface area contributed by atoms with Crippen molar-refractivity contribution in [2.45, 2.75) is 26.5 Å². The largest absolute Gasteiger partial charge is 0.497 e. The summed E-state index contributed by atoms with van der Waals surface area (Å²) in [7, 11) is 1.57. The third-order valence-corrected chi connectivity index (χ3v) is 2.74. The molecule has 0 bridgehead atoms. The normalized spacial score (nSPS) is 11.8. The molecule has 1 amide bonds. The third-order valence-electron chi connectivity index (χ3n) is 2.74. The summed E-state index contributed by atoms with van der Waals surface area (Å²) in [5, 5.41) is 11.3. The first-order valence-corrected chi connectivity index (χ1v) is 6.23. The highest BCUT2D eigenvalue weighted by molar-refractivity contribution is 5.80. The first kappa shape index (κ1) is 15.8. The van der Waals surface area contributed by atoms with Crippen LogP contribution in [0.4, 0.5) is 4.79 Å². The van der Waals surface area contributed by atoms with Crippen molar-refractivity contribution in [1.29, 1.82) is 0 Å². The zero-order valence-electron chi connectivity index (χ0n) is 11.8. The Morgan fingerprint density at radius 1 is 1.25 bits per heavy atom. The lowest BCUT2D eigenvalue weighted by molar-refractivity contribution is -0.140. The fourth-order valence-electron chi connectivity index (χ4n) is 1.55. The van der Waals surface area contributed by atoms with E-state index in [2.05, 4.69) is 5.32 Å². The molecule has 2 N–H and O–H groups in total. The van der Waals surface area contributed by atoms with Gasteiger partial charge in [0.2, 0.25) is 0 Å². The van der Waals surface area contributed by atoms with E-state index >= 15 is 0 Å². The van der Waals surface area contributed by atoms with Gasteiger partial charge >= 0.3 is 12.1 Å². The molecular weight excluding hydrogens is 262 g/mol. The first-order valence-electron chi connectivity index (χ1n) is 6.23. The van der Waals surface area contributed by atoms with E-state index in [1.807, 2.05) is 0 Å². The van der Waals surface area contributed by atoms with E-state index in [9.17, 15) is 9.59 Å². The van der Waals surface area contributed by atoms with Crippen LogP contribution in [0.2, 0.25) is 0 Å². The maximum absolute atomic E-state index is 11.5. The second-order valence-corrected chi connectivity index (χ2v) is 4.63. The van der Waals surface area contributed by atoms with Crippen LogP contribution in [-0.2, 0) is 16.1 Å². The maximum atomic E-state index is 11.5. The number of benzene rings is 1. The molecule has 0 fully saturated rings. The van der Waals surface area contributed by atoms with Gasteiger partial charge in [0.05, 0.1) is 7.11 Å². The molecule has 0 radical (unpaired) electrons. The number of hydrogen-bond acceptors (Lipinski definition) is 4. The number of hydrogen-bond donors (Lipinski definition) is 2. The molecular formula is C14H19NO5. The predicted molar refractivity (Wildman–Crippen MR) is 72.6 cm³/mol. The second-order valence-electron chi connectivity index (χ2n) is 4.63. The van der Waals surface area contributed by atoms with Gasteiger partial charge in [-0.1, -0.05) is 26.0 Å². The lowest BCUT2D eigenvalue weighted by atomic mass is 10.1. The van der Waals surface area contributed by atoms with Gasteiger partial charge in [-0.25, -0.2) is 9.59 Å². The van der Waals surface area contributed by atoms with Gasteiger partial charge < -0.3 is 19.9 Å². The molecule has 1 aromatic carbocycles. The van der Waals surface area contributed by atoms with Crippen LogP contribution in [0.1, 0.15) is 19.4 Å². The lowest BCUT2D eigenvalue weighted by Crippen LogP contribution is -2.44. The molecule has 6 nitrogen and oxygen atoms in total. The molecule has 0 saturated carbocycles.